The largest absolute Gasteiger partial charge is 0.495 e. The number of aryl methyl sites for hydroxylation is 1. The molecule has 0 unspecified atom stereocenters. The highest BCUT2D eigenvalue weighted by molar-refractivity contribution is 7.89. The summed E-state index contributed by atoms with van der Waals surface area (Å²) in [6.45, 7) is 1.08. The van der Waals surface area contributed by atoms with Crippen LogP contribution in [0.4, 0.5) is 18.9 Å². The van der Waals surface area contributed by atoms with Gasteiger partial charge in [0.1, 0.15) is 10.6 Å². The molecular formula is C24H23F3N2O4S. The molecule has 1 amide bonds. The highest BCUT2D eigenvalue weighted by atomic mass is 32.2. The number of carbonyl (C=O) groups is 1. The van der Waals surface area contributed by atoms with E-state index in [0.717, 1.165) is 28.6 Å². The summed E-state index contributed by atoms with van der Waals surface area (Å²) in [5.74, 6) is -0.572. The Morgan fingerprint density at radius 2 is 1.65 bits per heavy atom. The van der Waals surface area contributed by atoms with Crippen LogP contribution in [0.1, 0.15) is 16.7 Å². The number of benzene rings is 3. The average Bonchev–Trinajstić information content (AvgIpc) is 2.79. The van der Waals surface area contributed by atoms with Crippen LogP contribution in [0.2, 0.25) is 0 Å². The van der Waals surface area contributed by atoms with Gasteiger partial charge in [0, 0.05) is 12.2 Å². The fourth-order valence-corrected chi connectivity index (χ4v) is 4.87. The van der Waals surface area contributed by atoms with Crippen LogP contribution in [-0.4, -0.2) is 32.3 Å². The molecule has 34 heavy (non-hydrogen) atoms. The van der Waals surface area contributed by atoms with Crippen molar-refractivity contribution in [2.45, 2.75) is 24.5 Å². The molecule has 3 aromatic rings. The standard InChI is InChI=1S/C24H23F3N2O4S/c1-17-8-13-21(33-2)22(14-17)34(31,32)29(15-18-6-4-3-5-7-18)16-23(30)28-20-11-9-19(10-12-20)24(25,26)27/h3-14H,15-16H2,1-2H3,(H,28,30). The van der Waals surface area contributed by atoms with Crippen molar-refractivity contribution in [1.29, 1.82) is 0 Å². The van der Waals surface area contributed by atoms with Gasteiger partial charge in [-0.05, 0) is 54.4 Å². The predicted octanol–water partition coefficient (Wildman–Crippen LogP) is 4.85. The van der Waals surface area contributed by atoms with Crippen LogP contribution in [0.3, 0.4) is 0 Å². The lowest BCUT2D eigenvalue weighted by atomic mass is 10.2. The Morgan fingerprint density at radius 1 is 1.00 bits per heavy atom. The summed E-state index contributed by atoms with van der Waals surface area (Å²) in [7, 11) is -2.83. The maximum atomic E-state index is 13.6. The molecule has 0 radical (unpaired) electrons. The maximum absolute atomic E-state index is 13.6. The Labute approximate surface area is 196 Å². The van der Waals surface area contributed by atoms with E-state index < -0.39 is 34.2 Å². The molecule has 6 nitrogen and oxygen atoms in total. The normalized spacial score (nSPS) is 11.9. The Bertz CT molecular complexity index is 1250. The van der Waals surface area contributed by atoms with Gasteiger partial charge in [0.25, 0.3) is 0 Å². The summed E-state index contributed by atoms with van der Waals surface area (Å²) in [4.78, 5) is 12.6. The number of carbonyl (C=O) groups excluding carboxylic acids is 1. The van der Waals surface area contributed by atoms with Gasteiger partial charge in [-0.3, -0.25) is 4.79 Å². The summed E-state index contributed by atoms with van der Waals surface area (Å²) in [5.41, 5.74) is 0.599. The van der Waals surface area contributed by atoms with Crippen molar-refractivity contribution in [3.63, 3.8) is 0 Å². The molecule has 0 aromatic heterocycles. The third-order valence-electron chi connectivity index (χ3n) is 4.95. The molecule has 0 spiro atoms. The van der Waals surface area contributed by atoms with E-state index in [4.69, 9.17) is 4.74 Å². The molecule has 3 aromatic carbocycles. The fraction of sp³-hybridized carbons (Fsp3) is 0.208. The van der Waals surface area contributed by atoms with E-state index in [-0.39, 0.29) is 22.9 Å². The maximum Gasteiger partial charge on any atom is 0.416 e. The van der Waals surface area contributed by atoms with Crippen LogP contribution >= 0.6 is 0 Å². The van der Waals surface area contributed by atoms with Gasteiger partial charge in [-0.2, -0.15) is 17.5 Å². The van der Waals surface area contributed by atoms with Crippen molar-refractivity contribution in [3.8, 4) is 5.75 Å². The number of alkyl halides is 3. The van der Waals surface area contributed by atoms with Crippen LogP contribution in [0.15, 0.2) is 77.7 Å². The van der Waals surface area contributed by atoms with Crippen molar-refractivity contribution >= 4 is 21.6 Å². The molecule has 1 N–H and O–H groups in total. The van der Waals surface area contributed by atoms with Gasteiger partial charge in [-0.15, -0.1) is 0 Å². The van der Waals surface area contributed by atoms with Crippen molar-refractivity contribution < 1.29 is 31.1 Å². The molecule has 0 aliphatic heterocycles. The Balaban J connectivity index is 1.89. The fourth-order valence-electron chi connectivity index (χ4n) is 3.24. The number of halogens is 3. The molecule has 0 heterocycles. The molecule has 180 valence electrons. The summed E-state index contributed by atoms with van der Waals surface area (Å²) < 4.78 is 71.7. The minimum Gasteiger partial charge on any atom is -0.495 e. The second-order valence-corrected chi connectivity index (χ2v) is 9.44. The van der Waals surface area contributed by atoms with Gasteiger partial charge in [0.15, 0.2) is 0 Å². The molecule has 10 heteroatoms. The van der Waals surface area contributed by atoms with Gasteiger partial charge in [-0.1, -0.05) is 36.4 Å². The summed E-state index contributed by atoms with van der Waals surface area (Å²) in [6, 6.07) is 17.3. The van der Waals surface area contributed by atoms with E-state index in [2.05, 4.69) is 5.32 Å². The highest BCUT2D eigenvalue weighted by Crippen LogP contribution is 2.30. The van der Waals surface area contributed by atoms with E-state index in [0.29, 0.717) is 11.1 Å². The SMILES string of the molecule is COc1ccc(C)cc1S(=O)(=O)N(CC(=O)Nc1ccc(C(F)(F)F)cc1)Cc1ccccc1. The Hall–Kier alpha value is -3.37. The average molecular weight is 493 g/mol. The zero-order valence-electron chi connectivity index (χ0n) is 18.5. The van der Waals surface area contributed by atoms with Gasteiger partial charge in [0.2, 0.25) is 15.9 Å². The molecule has 0 fully saturated rings. The topological polar surface area (TPSA) is 75.7 Å². The second kappa shape index (κ2) is 10.3. The number of ether oxygens (including phenoxy) is 1. The van der Waals surface area contributed by atoms with Crippen molar-refractivity contribution in [3.05, 3.63) is 89.5 Å². The number of hydrogen-bond donors (Lipinski definition) is 1. The molecule has 0 bridgehead atoms. The number of hydrogen-bond acceptors (Lipinski definition) is 4. The summed E-state index contributed by atoms with van der Waals surface area (Å²) in [5, 5.41) is 2.46. The van der Waals surface area contributed by atoms with Crippen LogP contribution in [0.25, 0.3) is 0 Å². The molecule has 0 saturated carbocycles. The van der Waals surface area contributed by atoms with E-state index >= 15 is 0 Å². The highest BCUT2D eigenvalue weighted by Gasteiger charge is 2.31. The van der Waals surface area contributed by atoms with E-state index in [1.807, 2.05) is 0 Å². The Morgan fingerprint density at radius 3 is 2.24 bits per heavy atom. The minimum absolute atomic E-state index is 0.0896. The number of amides is 1. The van der Waals surface area contributed by atoms with Crippen LogP contribution < -0.4 is 10.1 Å². The van der Waals surface area contributed by atoms with E-state index in [1.165, 1.54) is 19.2 Å². The predicted molar refractivity (Wildman–Crippen MR) is 122 cm³/mol. The number of nitrogens with zero attached hydrogens (tertiary/aromatic N) is 1. The lowest BCUT2D eigenvalue weighted by molar-refractivity contribution is -0.137. The number of rotatable bonds is 8. The van der Waals surface area contributed by atoms with Gasteiger partial charge < -0.3 is 10.1 Å². The molecule has 0 aliphatic rings. The Kier molecular flexibility index (Phi) is 7.63. The van der Waals surface area contributed by atoms with Crippen molar-refractivity contribution in [2.75, 3.05) is 19.0 Å². The lowest BCUT2D eigenvalue weighted by Crippen LogP contribution is -2.37. The zero-order chi connectivity index (χ0) is 24.9. The summed E-state index contributed by atoms with van der Waals surface area (Å²) in [6.07, 6.45) is -4.50. The smallest absolute Gasteiger partial charge is 0.416 e. The number of anilines is 1. The van der Waals surface area contributed by atoms with Gasteiger partial charge in [-0.25, -0.2) is 8.42 Å². The molecule has 0 saturated heterocycles. The molecule has 3 rings (SSSR count). The first-order chi connectivity index (χ1) is 16.0. The van der Waals surface area contributed by atoms with Crippen LogP contribution in [-0.2, 0) is 27.5 Å². The lowest BCUT2D eigenvalue weighted by Gasteiger charge is -2.23. The van der Waals surface area contributed by atoms with E-state index in [1.54, 1.807) is 43.3 Å². The quantitative estimate of drug-likeness (QED) is 0.488. The third-order valence-corrected chi connectivity index (χ3v) is 6.77. The molecule has 0 aliphatic carbocycles. The van der Waals surface area contributed by atoms with Gasteiger partial charge in [0.05, 0.1) is 19.2 Å². The zero-order valence-corrected chi connectivity index (χ0v) is 19.3. The number of methoxy groups -OCH3 is 1. The van der Waals surface area contributed by atoms with Gasteiger partial charge >= 0.3 is 6.18 Å². The van der Waals surface area contributed by atoms with E-state index in [9.17, 15) is 26.4 Å². The first-order valence-electron chi connectivity index (χ1n) is 10.2. The first-order valence-corrected chi connectivity index (χ1v) is 11.6. The minimum atomic E-state index is -4.50. The van der Waals surface area contributed by atoms with Crippen molar-refractivity contribution in [2.24, 2.45) is 0 Å². The number of sulfonamides is 1. The third kappa shape index (κ3) is 6.15. The van der Waals surface area contributed by atoms with Crippen LogP contribution in [0, 0.1) is 6.92 Å². The molecule has 0 atom stereocenters. The summed E-state index contributed by atoms with van der Waals surface area (Å²) >= 11 is 0. The second-order valence-electron chi connectivity index (χ2n) is 7.54. The van der Waals surface area contributed by atoms with Crippen molar-refractivity contribution in [1.82, 2.24) is 4.31 Å². The van der Waals surface area contributed by atoms with Crippen LogP contribution in [0.5, 0.6) is 5.75 Å². The number of nitrogens with one attached hydrogen (secondary N) is 1. The monoisotopic (exact) mass is 492 g/mol. The molecular weight excluding hydrogens is 469 g/mol. The first kappa shape index (κ1) is 25.3.